The van der Waals surface area contributed by atoms with Crippen molar-refractivity contribution in [3.8, 4) is 11.5 Å². The summed E-state index contributed by atoms with van der Waals surface area (Å²) in [6, 6.07) is 2.51. The Morgan fingerprint density at radius 1 is 1.17 bits per heavy atom. The normalized spacial score (nSPS) is 30.3. The maximum Gasteiger partial charge on any atom is 0.321 e. The van der Waals surface area contributed by atoms with E-state index in [-0.39, 0.29) is 17.6 Å². The summed E-state index contributed by atoms with van der Waals surface area (Å²) in [6.45, 7) is 0. The van der Waals surface area contributed by atoms with Gasteiger partial charge in [-0.2, -0.15) is 0 Å². The number of carbonyl (C=O) groups is 3. The molecule has 1 aliphatic carbocycles. The molecule has 24 heavy (non-hydrogen) atoms. The molecule has 8 heteroatoms. The molecule has 4 atom stereocenters. The molecule has 3 aliphatic rings. The van der Waals surface area contributed by atoms with Crippen LogP contribution in [0.25, 0.3) is 11.0 Å². The molecule has 8 nitrogen and oxygen atoms in total. The van der Waals surface area contributed by atoms with Crippen LogP contribution in [0, 0.1) is 11.8 Å². The summed E-state index contributed by atoms with van der Waals surface area (Å²) in [5.74, 6) is -1.68. The molecular weight excluding hydrogens is 316 g/mol. The van der Waals surface area contributed by atoms with E-state index in [0.717, 1.165) is 10.9 Å². The predicted molar refractivity (Wildman–Crippen MR) is 78.6 cm³/mol. The highest BCUT2D eigenvalue weighted by molar-refractivity contribution is 6.03. The zero-order valence-corrected chi connectivity index (χ0v) is 12.5. The van der Waals surface area contributed by atoms with E-state index < -0.39 is 29.9 Å². The number of hydrogen-bond acceptors (Lipinski definition) is 6. The first-order valence-electron chi connectivity index (χ1n) is 7.51. The van der Waals surface area contributed by atoms with Crippen molar-refractivity contribution in [2.45, 2.75) is 12.0 Å². The fourth-order valence-corrected chi connectivity index (χ4v) is 4.11. The molecule has 1 saturated carbocycles. The highest BCUT2D eigenvalue weighted by Gasteiger charge is 2.63. The molecule has 5 rings (SSSR count). The predicted octanol–water partition coefficient (Wildman–Crippen LogP) is 0.898. The number of nitrogens with one attached hydrogen (secondary N) is 2. The molecule has 3 heterocycles. The van der Waals surface area contributed by atoms with E-state index in [4.69, 9.17) is 13.9 Å². The molecule has 0 radical (unpaired) electrons. The van der Waals surface area contributed by atoms with Crippen LogP contribution in [-0.4, -0.2) is 31.1 Å². The fraction of sp³-hybridized carbons (Fsp3) is 0.312. The molecule has 2 fully saturated rings. The Labute approximate surface area is 135 Å². The van der Waals surface area contributed by atoms with Gasteiger partial charge in [0.1, 0.15) is 0 Å². The first kappa shape index (κ1) is 13.4. The zero-order valence-electron chi connectivity index (χ0n) is 12.5. The van der Waals surface area contributed by atoms with Crippen LogP contribution in [-0.2, 0) is 9.59 Å². The van der Waals surface area contributed by atoms with Gasteiger partial charge in [0.05, 0.1) is 31.3 Å². The minimum Gasteiger partial charge on any atom is -0.490 e. The van der Waals surface area contributed by atoms with Crippen molar-refractivity contribution >= 4 is 28.9 Å². The molecule has 1 aromatic carbocycles. The summed E-state index contributed by atoms with van der Waals surface area (Å²) in [4.78, 5) is 36.2. The van der Waals surface area contributed by atoms with Gasteiger partial charge in [0, 0.05) is 16.9 Å². The monoisotopic (exact) mass is 328 g/mol. The molecule has 122 valence electrons. The number of carbonyl (C=O) groups excluding carboxylic acids is 3. The standard InChI is InChI=1S/C16H12N2O6/c1-22-13-11-5(2-3-23-11)4-6-7-8-10(17-16(21)18-14(8)19)9(7)15(20)24-12(6)13/h2-4,7-10H,1H3,(H2,17,18,19,21). The van der Waals surface area contributed by atoms with Crippen molar-refractivity contribution in [3.05, 3.63) is 24.0 Å². The number of hydrogen-bond donors (Lipinski definition) is 2. The third-order valence-electron chi connectivity index (χ3n) is 5.10. The van der Waals surface area contributed by atoms with E-state index in [1.807, 2.05) is 6.07 Å². The maximum atomic E-state index is 12.4. The number of amides is 3. The Morgan fingerprint density at radius 3 is 2.79 bits per heavy atom. The van der Waals surface area contributed by atoms with Gasteiger partial charge < -0.3 is 19.2 Å². The van der Waals surface area contributed by atoms with Crippen molar-refractivity contribution < 1.29 is 28.3 Å². The first-order chi connectivity index (χ1) is 11.6. The van der Waals surface area contributed by atoms with Crippen LogP contribution in [0.15, 0.2) is 22.8 Å². The number of benzene rings is 1. The van der Waals surface area contributed by atoms with Crippen molar-refractivity contribution in [2.75, 3.05) is 7.11 Å². The summed E-state index contributed by atoms with van der Waals surface area (Å²) in [5, 5.41) is 5.70. The van der Waals surface area contributed by atoms with Gasteiger partial charge in [-0.05, 0) is 12.1 Å². The summed E-state index contributed by atoms with van der Waals surface area (Å²) >= 11 is 0. The molecule has 4 unspecified atom stereocenters. The fourth-order valence-electron chi connectivity index (χ4n) is 4.11. The van der Waals surface area contributed by atoms with Crippen molar-refractivity contribution in [1.29, 1.82) is 0 Å². The number of furan rings is 1. The van der Waals surface area contributed by atoms with Crippen molar-refractivity contribution in [1.82, 2.24) is 10.6 Å². The van der Waals surface area contributed by atoms with Gasteiger partial charge in [-0.1, -0.05) is 0 Å². The van der Waals surface area contributed by atoms with Gasteiger partial charge in [0.15, 0.2) is 11.3 Å². The smallest absolute Gasteiger partial charge is 0.321 e. The van der Waals surface area contributed by atoms with Crippen LogP contribution in [0.5, 0.6) is 11.5 Å². The van der Waals surface area contributed by atoms with Crippen LogP contribution in [0.3, 0.4) is 0 Å². The van der Waals surface area contributed by atoms with Crippen LogP contribution in [0.2, 0.25) is 0 Å². The lowest BCUT2D eigenvalue weighted by Gasteiger charge is -2.53. The number of rotatable bonds is 1. The molecule has 1 saturated heterocycles. The summed E-state index contributed by atoms with van der Waals surface area (Å²) in [7, 11) is 1.47. The largest absolute Gasteiger partial charge is 0.490 e. The second-order valence-electron chi connectivity index (χ2n) is 6.15. The minimum atomic E-state index is -0.582. The van der Waals surface area contributed by atoms with Gasteiger partial charge in [-0.3, -0.25) is 14.9 Å². The quantitative estimate of drug-likeness (QED) is 0.595. The Kier molecular flexibility index (Phi) is 2.39. The second kappa shape index (κ2) is 4.28. The Hall–Kier alpha value is -3.03. The number of urea groups is 1. The maximum absolute atomic E-state index is 12.4. The zero-order chi connectivity index (χ0) is 16.6. The van der Waals surface area contributed by atoms with Crippen LogP contribution in [0.4, 0.5) is 4.79 Å². The molecule has 0 spiro atoms. The first-order valence-corrected chi connectivity index (χ1v) is 7.51. The lowest BCUT2D eigenvalue weighted by molar-refractivity contribution is -0.155. The highest BCUT2D eigenvalue weighted by atomic mass is 16.6. The third-order valence-corrected chi connectivity index (χ3v) is 5.10. The van der Waals surface area contributed by atoms with E-state index in [9.17, 15) is 14.4 Å². The minimum absolute atomic E-state index is 0.286. The van der Waals surface area contributed by atoms with Gasteiger partial charge in [-0.25, -0.2) is 4.79 Å². The number of ether oxygens (including phenoxy) is 2. The molecule has 2 aliphatic heterocycles. The molecule has 2 N–H and O–H groups in total. The van der Waals surface area contributed by atoms with Gasteiger partial charge in [0.25, 0.3) is 0 Å². The van der Waals surface area contributed by atoms with E-state index >= 15 is 0 Å². The van der Waals surface area contributed by atoms with E-state index in [1.165, 1.54) is 13.4 Å². The Morgan fingerprint density at radius 2 is 2.00 bits per heavy atom. The second-order valence-corrected chi connectivity index (χ2v) is 6.15. The lowest BCUT2D eigenvalue weighted by atomic mass is 9.56. The molecule has 1 aromatic heterocycles. The lowest BCUT2D eigenvalue weighted by Crippen LogP contribution is -2.72. The van der Waals surface area contributed by atoms with Crippen LogP contribution in [0.1, 0.15) is 11.5 Å². The summed E-state index contributed by atoms with van der Waals surface area (Å²) in [6.07, 6.45) is 1.52. The average Bonchev–Trinajstić information content (AvgIpc) is 2.97. The topological polar surface area (TPSA) is 107 Å². The van der Waals surface area contributed by atoms with Gasteiger partial charge in [0.2, 0.25) is 11.7 Å². The highest BCUT2D eigenvalue weighted by Crippen LogP contribution is 2.57. The number of imide groups is 1. The number of methoxy groups -OCH3 is 1. The average molecular weight is 328 g/mol. The van der Waals surface area contributed by atoms with Crippen LogP contribution < -0.4 is 20.1 Å². The van der Waals surface area contributed by atoms with E-state index in [2.05, 4.69) is 10.6 Å². The molecule has 2 aromatic rings. The van der Waals surface area contributed by atoms with Crippen LogP contribution >= 0.6 is 0 Å². The van der Waals surface area contributed by atoms with Crippen molar-refractivity contribution in [2.24, 2.45) is 11.8 Å². The van der Waals surface area contributed by atoms with Crippen molar-refractivity contribution in [3.63, 3.8) is 0 Å². The molecular formula is C16H12N2O6. The van der Waals surface area contributed by atoms with Gasteiger partial charge >= 0.3 is 12.0 Å². The Bertz CT molecular complexity index is 932. The molecule has 3 amide bonds. The molecule has 0 bridgehead atoms. The SMILES string of the molecule is COc1c2c(cc3ccoc13)C1C3C(=O)NC(=O)NC3C1C(=O)O2. The number of esters is 1. The van der Waals surface area contributed by atoms with Gasteiger partial charge in [-0.15, -0.1) is 0 Å². The summed E-state index contributed by atoms with van der Waals surface area (Å²) < 4.78 is 16.3. The van der Waals surface area contributed by atoms with E-state index in [0.29, 0.717) is 11.3 Å². The summed E-state index contributed by atoms with van der Waals surface area (Å²) in [5.41, 5.74) is 1.21. The Balaban J connectivity index is 1.71. The van der Waals surface area contributed by atoms with E-state index in [1.54, 1.807) is 6.07 Å². The third kappa shape index (κ3) is 1.45. The number of fused-ring (bicyclic) bond motifs is 7.